The minimum Gasteiger partial charge on any atom is -0.205 e. The summed E-state index contributed by atoms with van der Waals surface area (Å²) in [5.41, 5.74) is 2.70. The molecule has 0 fully saturated rings. The minimum atomic E-state index is 1.04. The third-order valence-corrected chi connectivity index (χ3v) is 5.06. The van der Waals surface area contributed by atoms with Crippen molar-refractivity contribution < 1.29 is 9.14 Å². The van der Waals surface area contributed by atoms with E-state index in [2.05, 4.69) is 72.1 Å². The van der Waals surface area contributed by atoms with Crippen molar-refractivity contribution in [2.75, 3.05) is 6.54 Å². The topological polar surface area (TPSA) is 6.89 Å². The fraction of sp³-hybridized carbons (Fsp3) is 0.583. The fourth-order valence-corrected chi connectivity index (χ4v) is 3.57. The second kappa shape index (κ2) is 12.6. The highest BCUT2D eigenvalue weighted by Crippen LogP contribution is 2.10. The van der Waals surface area contributed by atoms with Gasteiger partial charge in [-0.15, -0.1) is 0 Å². The third kappa shape index (κ3) is 9.12. The molecular weight excluding hydrogens is 316 g/mol. The summed E-state index contributed by atoms with van der Waals surface area (Å²) in [5.74, 6) is 0. The summed E-state index contributed by atoms with van der Waals surface area (Å²) in [6.07, 6.45) is 27.1. The Bertz CT molecular complexity index is 610. The second-order valence-electron chi connectivity index (χ2n) is 7.74. The maximum absolute atomic E-state index is 2.36. The molecule has 1 aliphatic heterocycles. The molecule has 1 aromatic rings. The second-order valence-corrected chi connectivity index (χ2v) is 7.74. The van der Waals surface area contributed by atoms with Crippen molar-refractivity contribution in [2.24, 2.45) is 0 Å². The monoisotopic (exact) mass is 354 g/mol. The molecule has 1 aliphatic rings. The molecule has 0 N–H and O–H groups in total. The SMILES string of the molecule is CC1=C[N+](=CCCCCCCCCCCC[n+]2cccc(C)c2)CC=C1. The van der Waals surface area contributed by atoms with Crippen LogP contribution in [0.3, 0.4) is 0 Å². The summed E-state index contributed by atoms with van der Waals surface area (Å²) in [7, 11) is 0. The van der Waals surface area contributed by atoms with E-state index in [1.54, 1.807) is 0 Å². The summed E-state index contributed by atoms with van der Waals surface area (Å²) >= 11 is 0. The van der Waals surface area contributed by atoms with Crippen LogP contribution in [0.15, 0.2) is 48.5 Å². The largest absolute Gasteiger partial charge is 0.205 e. The van der Waals surface area contributed by atoms with E-state index in [1.807, 2.05) is 0 Å². The van der Waals surface area contributed by atoms with Crippen LogP contribution in [0.2, 0.25) is 0 Å². The highest BCUT2D eigenvalue weighted by molar-refractivity contribution is 5.51. The lowest BCUT2D eigenvalue weighted by atomic mass is 10.1. The molecule has 2 rings (SSSR count). The van der Waals surface area contributed by atoms with Crippen molar-refractivity contribution in [1.29, 1.82) is 0 Å². The smallest absolute Gasteiger partial charge is 0.171 e. The molecule has 2 nitrogen and oxygen atoms in total. The first kappa shape index (κ1) is 20.6. The predicted octanol–water partition coefficient (Wildman–Crippen LogP) is 5.74. The van der Waals surface area contributed by atoms with Gasteiger partial charge >= 0.3 is 0 Å². The summed E-state index contributed by atoms with van der Waals surface area (Å²) in [6, 6.07) is 4.31. The quantitative estimate of drug-likeness (QED) is 0.334. The molecule has 26 heavy (non-hydrogen) atoms. The number of hydrogen-bond donors (Lipinski definition) is 0. The normalized spacial score (nSPS) is 15.5. The number of rotatable bonds is 12. The number of aromatic nitrogens is 1. The Morgan fingerprint density at radius 1 is 0.923 bits per heavy atom. The first-order valence-corrected chi connectivity index (χ1v) is 10.6. The first-order valence-electron chi connectivity index (χ1n) is 10.6. The van der Waals surface area contributed by atoms with Crippen molar-refractivity contribution in [3.05, 3.63) is 54.0 Å². The summed E-state index contributed by atoms with van der Waals surface area (Å²) in [6.45, 7) is 6.54. The van der Waals surface area contributed by atoms with Crippen LogP contribution < -0.4 is 4.57 Å². The number of unbranched alkanes of at least 4 members (excludes halogenated alkanes) is 9. The first-order chi connectivity index (χ1) is 12.7. The Morgan fingerprint density at radius 3 is 2.31 bits per heavy atom. The van der Waals surface area contributed by atoms with Crippen molar-refractivity contribution in [1.82, 2.24) is 0 Å². The Labute approximate surface area is 161 Å². The number of allylic oxidation sites excluding steroid dienone is 2. The molecule has 2 heteroatoms. The molecule has 2 heterocycles. The molecule has 1 aromatic heterocycles. The Hall–Kier alpha value is -1.70. The lowest BCUT2D eigenvalue weighted by molar-refractivity contribution is -0.697. The van der Waals surface area contributed by atoms with Crippen molar-refractivity contribution >= 4 is 6.21 Å². The van der Waals surface area contributed by atoms with Crippen LogP contribution in [-0.4, -0.2) is 17.3 Å². The van der Waals surface area contributed by atoms with Crippen LogP contribution in [0.5, 0.6) is 0 Å². The summed E-state index contributed by atoms with van der Waals surface area (Å²) in [5, 5.41) is 0. The fourth-order valence-electron chi connectivity index (χ4n) is 3.57. The molecule has 0 saturated heterocycles. The Balaban J connectivity index is 1.37. The van der Waals surface area contributed by atoms with Crippen LogP contribution >= 0.6 is 0 Å². The van der Waals surface area contributed by atoms with Crippen molar-refractivity contribution in [3.8, 4) is 0 Å². The van der Waals surface area contributed by atoms with Gasteiger partial charge in [0, 0.05) is 30.0 Å². The lowest BCUT2D eigenvalue weighted by Crippen LogP contribution is -2.32. The zero-order chi connectivity index (χ0) is 18.5. The summed E-state index contributed by atoms with van der Waals surface area (Å²) in [4.78, 5) is 0. The van der Waals surface area contributed by atoms with Gasteiger partial charge in [0.1, 0.15) is 12.8 Å². The van der Waals surface area contributed by atoms with Gasteiger partial charge in [-0.25, -0.2) is 9.14 Å². The number of pyridine rings is 1. The molecule has 0 spiro atoms. The van der Waals surface area contributed by atoms with Gasteiger partial charge in [0.05, 0.1) is 0 Å². The minimum absolute atomic E-state index is 1.04. The van der Waals surface area contributed by atoms with E-state index < -0.39 is 0 Å². The Morgan fingerprint density at radius 2 is 1.62 bits per heavy atom. The van der Waals surface area contributed by atoms with E-state index in [1.165, 1.54) is 81.9 Å². The molecular formula is C24H38N2+2. The van der Waals surface area contributed by atoms with Gasteiger partial charge in [-0.3, -0.25) is 0 Å². The van der Waals surface area contributed by atoms with E-state index in [0.717, 1.165) is 6.54 Å². The van der Waals surface area contributed by atoms with Gasteiger partial charge in [0.25, 0.3) is 0 Å². The zero-order valence-corrected chi connectivity index (χ0v) is 17.0. The summed E-state index contributed by atoms with van der Waals surface area (Å²) < 4.78 is 4.65. The average molecular weight is 355 g/mol. The van der Waals surface area contributed by atoms with Crippen LogP contribution in [-0.2, 0) is 6.54 Å². The van der Waals surface area contributed by atoms with Gasteiger partial charge in [0.15, 0.2) is 25.1 Å². The maximum Gasteiger partial charge on any atom is 0.171 e. The van der Waals surface area contributed by atoms with Gasteiger partial charge in [0.2, 0.25) is 0 Å². The van der Waals surface area contributed by atoms with Crippen LogP contribution in [0.4, 0.5) is 0 Å². The highest BCUT2D eigenvalue weighted by atomic mass is 15.0. The van der Waals surface area contributed by atoms with Crippen molar-refractivity contribution in [2.45, 2.75) is 84.6 Å². The molecule has 0 amide bonds. The molecule has 0 aromatic carbocycles. The van der Waals surface area contributed by atoms with E-state index in [-0.39, 0.29) is 0 Å². The van der Waals surface area contributed by atoms with Gasteiger partial charge in [-0.05, 0) is 38.8 Å². The van der Waals surface area contributed by atoms with Gasteiger partial charge in [-0.1, -0.05) is 44.6 Å². The number of aryl methyl sites for hydroxylation is 2. The molecule has 0 bridgehead atoms. The maximum atomic E-state index is 2.36. The molecule has 0 aliphatic carbocycles. The standard InChI is InChI=1S/C24H38N2/c1-23-15-13-19-25(21-23)17-11-9-7-5-3-4-6-8-10-12-18-26-20-14-16-24(2)22-26/h13-17,20-22H,3-12,18-19H2,1-2H3/q+2. The zero-order valence-electron chi connectivity index (χ0n) is 17.0. The number of nitrogens with zero attached hydrogens (tertiary/aromatic N) is 2. The van der Waals surface area contributed by atoms with E-state index in [0.29, 0.717) is 0 Å². The Kier molecular flexibility index (Phi) is 10.0. The van der Waals surface area contributed by atoms with Crippen LogP contribution in [0, 0.1) is 6.92 Å². The van der Waals surface area contributed by atoms with Crippen LogP contribution in [0.25, 0.3) is 0 Å². The molecule has 0 unspecified atom stereocenters. The van der Waals surface area contributed by atoms with Crippen LogP contribution in [0.1, 0.15) is 76.7 Å². The van der Waals surface area contributed by atoms with Gasteiger partial charge in [-0.2, -0.15) is 0 Å². The molecule has 0 radical (unpaired) electrons. The van der Waals surface area contributed by atoms with Gasteiger partial charge < -0.3 is 0 Å². The average Bonchev–Trinajstić information content (AvgIpc) is 2.63. The predicted molar refractivity (Wildman–Crippen MR) is 112 cm³/mol. The molecule has 0 atom stereocenters. The lowest BCUT2D eigenvalue weighted by Gasteiger charge is -2.02. The third-order valence-electron chi connectivity index (χ3n) is 5.06. The van der Waals surface area contributed by atoms with E-state index in [9.17, 15) is 0 Å². The highest BCUT2D eigenvalue weighted by Gasteiger charge is 2.03. The molecule has 0 saturated carbocycles. The van der Waals surface area contributed by atoms with Crippen molar-refractivity contribution in [3.63, 3.8) is 0 Å². The molecule has 142 valence electrons. The van der Waals surface area contributed by atoms with E-state index >= 15 is 0 Å². The number of hydrogen-bond acceptors (Lipinski definition) is 0. The van der Waals surface area contributed by atoms with E-state index in [4.69, 9.17) is 0 Å².